The molecule has 0 saturated heterocycles. The minimum absolute atomic E-state index is 0.533. The predicted octanol–water partition coefficient (Wildman–Crippen LogP) is 3.21. The molecule has 0 saturated carbocycles. The highest BCUT2D eigenvalue weighted by molar-refractivity contribution is 6.30. The molecule has 0 aliphatic heterocycles. The van der Waals surface area contributed by atoms with Gasteiger partial charge in [0.05, 0.1) is 6.54 Å². The van der Waals surface area contributed by atoms with E-state index in [1.165, 1.54) is 0 Å². The molecule has 2 aromatic rings. The third-order valence-corrected chi connectivity index (χ3v) is 3.05. The standard InChI is InChI=1S/C11H13ClN4.C2H6/c1-7-8(2)16(15-10(7)12)6-9-4-3-5-14-11(9)13;1-2/h3-5H,6H2,1-2H3,(H2,13,14);1-2H3. The van der Waals surface area contributed by atoms with Crippen LogP contribution in [0.15, 0.2) is 18.3 Å². The Morgan fingerprint density at radius 3 is 2.50 bits per heavy atom. The van der Waals surface area contributed by atoms with E-state index in [1.54, 1.807) is 6.20 Å². The minimum Gasteiger partial charge on any atom is -0.383 e. The Balaban J connectivity index is 0.000000771. The summed E-state index contributed by atoms with van der Waals surface area (Å²) in [5.74, 6) is 0.533. The summed E-state index contributed by atoms with van der Waals surface area (Å²) in [6.07, 6.45) is 1.67. The molecule has 2 heterocycles. The van der Waals surface area contributed by atoms with Crippen molar-refractivity contribution in [2.45, 2.75) is 34.2 Å². The maximum Gasteiger partial charge on any atom is 0.154 e. The van der Waals surface area contributed by atoms with Crippen molar-refractivity contribution in [1.82, 2.24) is 14.8 Å². The third kappa shape index (κ3) is 3.01. The molecule has 0 amide bonds. The molecule has 2 aromatic heterocycles. The maximum absolute atomic E-state index is 5.96. The summed E-state index contributed by atoms with van der Waals surface area (Å²) >= 11 is 5.96. The lowest BCUT2D eigenvalue weighted by Crippen LogP contribution is -2.07. The summed E-state index contributed by atoms with van der Waals surface area (Å²) < 4.78 is 1.84. The topological polar surface area (TPSA) is 56.7 Å². The zero-order valence-corrected chi connectivity index (χ0v) is 12.0. The van der Waals surface area contributed by atoms with Gasteiger partial charge in [0.15, 0.2) is 5.15 Å². The first-order chi connectivity index (χ1) is 8.59. The van der Waals surface area contributed by atoms with Gasteiger partial charge in [0, 0.05) is 23.0 Å². The van der Waals surface area contributed by atoms with Crippen LogP contribution < -0.4 is 5.73 Å². The van der Waals surface area contributed by atoms with Crippen LogP contribution in [0.5, 0.6) is 0 Å². The number of aromatic nitrogens is 3. The largest absolute Gasteiger partial charge is 0.383 e. The van der Waals surface area contributed by atoms with Gasteiger partial charge in [-0.3, -0.25) is 4.68 Å². The van der Waals surface area contributed by atoms with E-state index < -0.39 is 0 Å². The monoisotopic (exact) mass is 266 g/mol. The van der Waals surface area contributed by atoms with Crippen molar-refractivity contribution < 1.29 is 0 Å². The second-order valence-electron chi connectivity index (χ2n) is 3.71. The van der Waals surface area contributed by atoms with Crippen molar-refractivity contribution in [1.29, 1.82) is 0 Å². The van der Waals surface area contributed by atoms with Gasteiger partial charge >= 0.3 is 0 Å². The van der Waals surface area contributed by atoms with E-state index in [4.69, 9.17) is 17.3 Å². The normalized spacial score (nSPS) is 9.83. The van der Waals surface area contributed by atoms with Gasteiger partial charge in [-0.25, -0.2) is 4.98 Å². The van der Waals surface area contributed by atoms with Gasteiger partial charge in [0.2, 0.25) is 0 Å². The molecule has 0 unspecified atom stereocenters. The van der Waals surface area contributed by atoms with Gasteiger partial charge in [0.25, 0.3) is 0 Å². The van der Waals surface area contributed by atoms with Gasteiger partial charge in [-0.1, -0.05) is 31.5 Å². The van der Waals surface area contributed by atoms with Crippen LogP contribution in [0.3, 0.4) is 0 Å². The van der Waals surface area contributed by atoms with Crippen molar-refractivity contribution in [3.05, 3.63) is 40.3 Å². The van der Waals surface area contributed by atoms with Gasteiger partial charge in [-0.15, -0.1) is 0 Å². The molecule has 0 aliphatic rings. The van der Waals surface area contributed by atoms with Crippen molar-refractivity contribution in [3.63, 3.8) is 0 Å². The molecule has 18 heavy (non-hydrogen) atoms. The van der Waals surface area contributed by atoms with Crippen LogP contribution in [-0.2, 0) is 6.54 Å². The average molecular weight is 267 g/mol. The highest BCUT2D eigenvalue weighted by atomic mass is 35.5. The van der Waals surface area contributed by atoms with Crippen LogP contribution in [0, 0.1) is 13.8 Å². The van der Waals surface area contributed by atoms with Crippen LogP contribution >= 0.6 is 11.6 Å². The summed E-state index contributed by atoms with van der Waals surface area (Å²) in [5.41, 5.74) is 8.78. The molecular formula is C13H19ClN4. The fourth-order valence-corrected chi connectivity index (χ4v) is 1.73. The molecule has 0 bridgehead atoms. The highest BCUT2D eigenvalue weighted by Crippen LogP contribution is 2.19. The number of nitrogens with two attached hydrogens (primary N) is 1. The Kier molecular flexibility index (Phi) is 5.16. The van der Waals surface area contributed by atoms with E-state index in [1.807, 2.05) is 44.5 Å². The molecule has 2 N–H and O–H groups in total. The number of hydrogen-bond donors (Lipinski definition) is 1. The smallest absolute Gasteiger partial charge is 0.154 e. The van der Waals surface area contributed by atoms with Crippen LogP contribution in [0.2, 0.25) is 5.15 Å². The quantitative estimate of drug-likeness (QED) is 0.908. The number of nitrogens with zero attached hydrogens (tertiary/aromatic N) is 3. The predicted molar refractivity (Wildman–Crippen MR) is 75.8 cm³/mol. The Hall–Kier alpha value is -1.55. The summed E-state index contributed by atoms with van der Waals surface area (Å²) in [6, 6.07) is 3.80. The van der Waals surface area contributed by atoms with Crippen molar-refractivity contribution in [3.8, 4) is 0 Å². The van der Waals surface area contributed by atoms with Gasteiger partial charge < -0.3 is 5.73 Å². The van der Waals surface area contributed by atoms with Crippen molar-refractivity contribution in [2.24, 2.45) is 0 Å². The number of hydrogen-bond acceptors (Lipinski definition) is 3. The number of pyridine rings is 1. The Labute approximate surface area is 113 Å². The zero-order chi connectivity index (χ0) is 13.7. The molecule has 0 atom stereocenters. The molecule has 0 aromatic carbocycles. The fourth-order valence-electron chi connectivity index (χ4n) is 1.50. The molecule has 4 nitrogen and oxygen atoms in total. The summed E-state index contributed by atoms with van der Waals surface area (Å²) in [7, 11) is 0. The molecule has 0 spiro atoms. The lowest BCUT2D eigenvalue weighted by molar-refractivity contribution is 0.664. The second kappa shape index (κ2) is 6.40. The van der Waals surface area contributed by atoms with Crippen LogP contribution in [0.4, 0.5) is 5.82 Å². The SMILES string of the molecule is CC.Cc1c(Cl)nn(Cc2cccnc2N)c1C. The number of nitrogen functional groups attached to an aromatic ring is 1. The van der Waals surface area contributed by atoms with Crippen molar-refractivity contribution in [2.75, 3.05) is 5.73 Å². The number of rotatable bonds is 2. The van der Waals surface area contributed by atoms with E-state index in [0.717, 1.165) is 16.8 Å². The lowest BCUT2D eigenvalue weighted by Gasteiger charge is -2.06. The molecule has 0 aliphatic carbocycles. The Morgan fingerprint density at radius 1 is 1.33 bits per heavy atom. The second-order valence-corrected chi connectivity index (χ2v) is 4.06. The van der Waals surface area contributed by atoms with E-state index >= 15 is 0 Å². The Bertz CT molecular complexity index is 520. The maximum atomic E-state index is 5.96. The summed E-state index contributed by atoms with van der Waals surface area (Å²) in [6.45, 7) is 8.54. The van der Waals surface area contributed by atoms with Crippen LogP contribution in [0.1, 0.15) is 30.7 Å². The molecule has 2 rings (SSSR count). The summed E-state index contributed by atoms with van der Waals surface area (Å²) in [5, 5.41) is 4.79. The van der Waals surface area contributed by atoms with Crippen molar-refractivity contribution >= 4 is 17.4 Å². The zero-order valence-electron chi connectivity index (χ0n) is 11.2. The van der Waals surface area contributed by atoms with E-state index in [0.29, 0.717) is 17.5 Å². The van der Waals surface area contributed by atoms with Crippen LogP contribution in [-0.4, -0.2) is 14.8 Å². The lowest BCUT2D eigenvalue weighted by atomic mass is 10.2. The molecule has 98 valence electrons. The minimum atomic E-state index is 0.533. The number of halogens is 1. The number of anilines is 1. The first kappa shape index (κ1) is 14.5. The first-order valence-corrected chi connectivity index (χ1v) is 6.36. The third-order valence-electron chi connectivity index (χ3n) is 2.69. The van der Waals surface area contributed by atoms with E-state index in [2.05, 4.69) is 10.1 Å². The Morgan fingerprint density at radius 2 is 2.00 bits per heavy atom. The van der Waals surface area contributed by atoms with Gasteiger partial charge in [0.1, 0.15) is 5.82 Å². The summed E-state index contributed by atoms with van der Waals surface area (Å²) in [4.78, 5) is 4.04. The molecule has 0 radical (unpaired) electrons. The first-order valence-electron chi connectivity index (χ1n) is 5.98. The van der Waals surface area contributed by atoms with Gasteiger partial charge in [-0.2, -0.15) is 5.10 Å². The van der Waals surface area contributed by atoms with Gasteiger partial charge in [-0.05, 0) is 19.9 Å². The van der Waals surface area contributed by atoms with E-state index in [-0.39, 0.29) is 0 Å². The average Bonchev–Trinajstić information content (AvgIpc) is 2.62. The molecule has 0 fully saturated rings. The highest BCUT2D eigenvalue weighted by Gasteiger charge is 2.10. The molecule has 5 heteroatoms. The molecular weight excluding hydrogens is 248 g/mol. The van der Waals surface area contributed by atoms with Crippen LogP contribution in [0.25, 0.3) is 0 Å². The van der Waals surface area contributed by atoms with E-state index in [9.17, 15) is 0 Å². The fraction of sp³-hybridized carbons (Fsp3) is 0.385.